The fourth-order valence-corrected chi connectivity index (χ4v) is 1.58. The van der Waals surface area contributed by atoms with Gasteiger partial charge in [-0.3, -0.25) is 5.84 Å². The molecule has 0 fully saturated rings. The third-order valence-corrected chi connectivity index (χ3v) is 2.36. The minimum absolute atomic E-state index is 1.02. The summed E-state index contributed by atoms with van der Waals surface area (Å²) in [6, 6.07) is 0. The van der Waals surface area contributed by atoms with Gasteiger partial charge in [0.2, 0.25) is 0 Å². The number of rotatable bonds is 0. The van der Waals surface area contributed by atoms with E-state index in [1.165, 1.54) is 11.4 Å². The molecule has 3 nitrogen and oxygen atoms in total. The standard InChI is InChI=1S/C7H13N3/c1-9-6-2-4-10(8)5-3-7(6)9/h2-5,8H2,1H3. The van der Waals surface area contributed by atoms with Crippen LogP contribution in [0.25, 0.3) is 0 Å². The molecule has 0 aromatic carbocycles. The van der Waals surface area contributed by atoms with Gasteiger partial charge in [0.15, 0.2) is 0 Å². The molecule has 0 aliphatic carbocycles. The summed E-state index contributed by atoms with van der Waals surface area (Å²) in [6.07, 6.45) is 2.28. The zero-order chi connectivity index (χ0) is 7.14. The monoisotopic (exact) mass is 139 g/mol. The minimum Gasteiger partial charge on any atom is -0.348 e. The summed E-state index contributed by atoms with van der Waals surface area (Å²) < 4.78 is 0. The molecule has 2 aliphatic rings. The van der Waals surface area contributed by atoms with E-state index in [4.69, 9.17) is 5.84 Å². The van der Waals surface area contributed by atoms with E-state index in [-0.39, 0.29) is 0 Å². The first-order valence-corrected chi connectivity index (χ1v) is 3.74. The van der Waals surface area contributed by atoms with E-state index in [2.05, 4.69) is 11.9 Å². The van der Waals surface area contributed by atoms with Gasteiger partial charge in [0.05, 0.1) is 0 Å². The molecule has 0 spiro atoms. The van der Waals surface area contributed by atoms with Gasteiger partial charge in [-0.15, -0.1) is 0 Å². The first-order chi connectivity index (χ1) is 4.79. The Kier molecular flexibility index (Phi) is 1.22. The zero-order valence-corrected chi connectivity index (χ0v) is 6.30. The highest BCUT2D eigenvalue weighted by Gasteiger charge is 2.30. The van der Waals surface area contributed by atoms with Crippen LogP contribution in [0, 0.1) is 0 Å². The Hall–Kier alpha value is -0.540. The normalized spacial score (nSPS) is 26.4. The molecule has 0 aromatic rings. The summed E-state index contributed by atoms with van der Waals surface area (Å²) in [5.41, 5.74) is 3.04. The van der Waals surface area contributed by atoms with Crippen molar-refractivity contribution in [1.82, 2.24) is 9.91 Å². The van der Waals surface area contributed by atoms with Crippen LogP contribution in [0.2, 0.25) is 0 Å². The van der Waals surface area contributed by atoms with Gasteiger partial charge in [-0.25, -0.2) is 5.01 Å². The third kappa shape index (κ3) is 0.822. The molecule has 56 valence electrons. The van der Waals surface area contributed by atoms with Crippen LogP contribution in [-0.2, 0) is 0 Å². The third-order valence-electron chi connectivity index (χ3n) is 2.36. The van der Waals surface area contributed by atoms with Crippen molar-refractivity contribution in [3.8, 4) is 0 Å². The topological polar surface area (TPSA) is 32.3 Å². The molecule has 0 saturated carbocycles. The van der Waals surface area contributed by atoms with Gasteiger partial charge >= 0.3 is 0 Å². The van der Waals surface area contributed by atoms with E-state index in [1.807, 2.05) is 5.01 Å². The van der Waals surface area contributed by atoms with Crippen LogP contribution in [0.1, 0.15) is 12.8 Å². The van der Waals surface area contributed by atoms with Gasteiger partial charge in [0.1, 0.15) is 0 Å². The maximum absolute atomic E-state index is 5.65. The summed E-state index contributed by atoms with van der Waals surface area (Å²) in [4.78, 5) is 2.28. The second kappa shape index (κ2) is 1.97. The van der Waals surface area contributed by atoms with Crippen molar-refractivity contribution in [2.45, 2.75) is 12.8 Å². The maximum atomic E-state index is 5.65. The molecule has 2 N–H and O–H groups in total. The molecular formula is C7H13N3. The van der Waals surface area contributed by atoms with E-state index in [0.29, 0.717) is 0 Å². The van der Waals surface area contributed by atoms with Gasteiger partial charge < -0.3 is 4.90 Å². The summed E-state index contributed by atoms with van der Waals surface area (Å²) in [6.45, 7) is 2.03. The second-order valence-corrected chi connectivity index (χ2v) is 2.99. The predicted molar refractivity (Wildman–Crippen MR) is 39.8 cm³/mol. The zero-order valence-electron chi connectivity index (χ0n) is 6.30. The highest BCUT2D eigenvalue weighted by molar-refractivity contribution is 5.31. The quantitative estimate of drug-likeness (QED) is 0.483. The average molecular weight is 139 g/mol. The van der Waals surface area contributed by atoms with Crippen LogP contribution < -0.4 is 5.84 Å². The molecule has 0 amide bonds. The molecule has 2 aliphatic heterocycles. The van der Waals surface area contributed by atoms with Gasteiger partial charge in [-0.2, -0.15) is 0 Å². The van der Waals surface area contributed by atoms with Crippen molar-refractivity contribution in [1.29, 1.82) is 0 Å². The Morgan fingerprint density at radius 2 is 1.70 bits per heavy atom. The first-order valence-electron chi connectivity index (χ1n) is 3.74. The molecule has 0 saturated heterocycles. The Morgan fingerprint density at radius 1 is 1.20 bits per heavy atom. The summed E-state index contributed by atoms with van der Waals surface area (Å²) in [5, 5.41) is 1.90. The maximum Gasteiger partial charge on any atom is 0.0384 e. The van der Waals surface area contributed by atoms with Crippen molar-refractivity contribution in [3.63, 3.8) is 0 Å². The second-order valence-electron chi connectivity index (χ2n) is 2.99. The number of hydrogen-bond donors (Lipinski definition) is 1. The van der Waals surface area contributed by atoms with Crippen LogP contribution in [0.5, 0.6) is 0 Å². The lowest BCUT2D eigenvalue weighted by atomic mass is 10.4. The summed E-state index contributed by atoms with van der Waals surface area (Å²) >= 11 is 0. The minimum atomic E-state index is 1.02. The number of hydrazine groups is 1. The van der Waals surface area contributed by atoms with E-state index in [0.717, 1.165) is 25.9 Å². The fourth-order valence-electron chi connectivity index (χ4n) is 1.58. The van der Waals surface area contributed by atoms with Crippen LogP contribution in [0.4, 0.5) is 0 Å². The predicted octanol–water partition coefficient (Wildman–Crippen LogP) is 0.113. The molecule has 0 bridgehead atoms. The highest BCUT2D eigenvalue weighted by atomic mass is 15.4. The number of hydrogen-bond acceptors (Lipinski definition) is 3. The molecule has 0 radical (unpaired) electrons. The van der Waals surface area contributed by atoms with Gasteiger partial charge in [-0.1, -0.05) is 0 Å². The Balaban J connectivity index is 1.99. The highest BCUT2D eigenvalue weighted by Crippen LogP contribution is 2.36. The van der Waals surface area contributed by atoms with Crippen molar-refractivity contribution in [2.24, 2.45) is 5.84 Å². The molecule has 3 heteroatoms. The fraction of sp³-hybridized carbons (Fsp3) is 0.714. The Morgan fingerprint density at radius 3 is 2.20 bits per heavy atom. The largest absolute Gasteiger partial charge is 0.348 e. The van der Waals surface area contributed by atoms with Gasteiger partial charge in [0, 0.05) is 44.4 Å². The number of nitrogens with zero attached hydrogens (tertiary/aromatic N) is 2. The molecule has 0 atom stereocenters. The number of nitrogens with two attached hydrogens (primary N) is 1. The van der Waals surface area contributed by atoms with Crippen LogP contribution in [0.3, 0.4) is 0 Å². The average Bonchev–Trinajstić information content (AvgIpc) is 2.56. The lowest BCUT2D eigenvalue weighted by molar-refractivity contribution is 0.284. The summed E-state index contributed by atoms with van der Waals surface area (Å²) in [5.74, 6) is 5.65. The van der Waals surface area contributed by atoms with E-state index >= 15 is 0 Å². The van der Waals surface area contributed by atoms with Crippen LogP contribution in [0.15, 0.2) is 11.4 Å². The molecule has 0 unspecified atom stereocenters. The lowest BCUT2D eigenvalue weighted by Crippen LogP contribution is -2.33. The Bertz CT molecular complexity index is 167. The molecular weight excluding hydrogens is 126 g/mol. The van der Waals surface area contributed by atoms with Crippen molar-refractivity contribution >= 4 is 0 Å². The van der Waals surface area contributed by atoms with Crippen molar-refractivity contribution in [2.75, 3.05) is 20.1 Å². The van der Waals surface area contributed by atoms with Crippen LogP contribution >= 0.6 is 0 Å². The first kappa shape index (κ1) is 6.19. The van der Waals surface area contributed by atoms with Gasteiger partial charge in [-0.05, 0) is 0 Å². The van der Waals surface area contributed by atoms with E-state index in [9.17, 15) is 0 Å². The van der Waals surface area contributed by atoms with Crippen LogP contribution in [-0.4, -0.2) is 30.0 Å². The SMILES string of the molecule is CN1C2=C1CCN(N)CC2. The van der Waals surface area contributed by atoms with Crippen molar-refractivity contribution < 1.29 is 0 Å². The van der Waals surface area contributed by atoms with Crippen molar-refractivity contribution in [3.05, 3.63) is 11.4 Å². The lowest BCUT2D eigenvalue weighted by Gasteiger charge is -2.14. The molecule has 2 rings (SSSR count). The van der Waals surface area contributed by atoms with Gasteiger partial charge in [0.25, 0.3) is 0 Å². The summed E-state index contributed by atoms with van der Waals surface area (Å²) in [7, 11) is 2.14. The molecule has 0 aromatic heterocycles. The smallest absolute Gasteiger partial charge is 0.0384 e. The molecule has 2 heterocycles. The Labute approximate surface area is 61.1 Å². The molecule has 10 heavy (non-hydrogen) atoms. The van der Waals surface area contributed by atoms with E-state index in [1.54, 1.807) is 0 Å². The van der Waals surface area contributed by atoms with E-state index < -0.39 is 0 Å².